The Morgan fingerprint density at radius 3 is 2.17 bits per heavy atom. The molecular formula is C19H16F3N3O4. The number of carbonyl (C=O) groups excluding carboxylic acids is 1. The van der Waals surface area contributed by atoms with Crippen molar-refractivity contribution in [1.82, 2.24) is 5.32 Å². The third kappa shape index (κ3) is 4.71. The van der Waals surface area contributed by atoms with Crippen molar-refractivity contribution in [3.8, 4) is 0 Å². The topological polar surface area (TPSA) is 100 Å². The van der Waals surface area contributed by atoms with E-state index < -0.39 is 29.9 Å². The average molecular weight is 407 g/mol. The minimum Gasteiger partial charge on any atom is -0.480 e. The number of alkyl carbamates (subject to hydrolysis) is 1. The Hall–Kier alpha value is -3.43. The van der Waals surface area contributed by atoms with Crippen molar-refractivity contribution >= 4 is 12.1 Å². The molecule has 7 nitrogen and oxygen atoms in total. The van der Waals surface area contributed by atoms with Gasteiger partial charge in [0, 0.05) is 12.0 Å². The van der Waals surface area contributed by atoms with Crippen LogP contribution in [0.5, 0.6) is 0 Å². The minimum atomic E-state index is -4.64. The summed E-state index contributed by atoms with van der Waals surface area (Å²) in [5.41, 5.74) is -1.53. The molecule has 1 amide bonds. The smallest absolute Gasteiger partial charge is 0.442 e. The average Bonchev–Trinajstić information content (AvgIpc) is 3.49. The van der Waals surface area contributed by atoms with E-state index in [0.717, 1.165) is 5.56 Å². The maximum absolute atomic E-state index is 13.0. The fraction of sp³-hybridized carbons (Fsp3) is 0.263. The zero-order valence-corrected chi connectivity index (χ0v) is 14.9. The molecule has 2 aromatic rings. The molecule has 29 heavy (non-hydrogen) atoms. The van der Waals surface area contributed by atoms with E-state index in [9.17, 15) is 27.9 Å². The first-order chi connectivity index (χ1) is 13.7. The van der Waals surface area contributed by atoms with Crippen LogP contribution in [0.3, 0.4) is 0 Å². The molecule has 1 atom stereocenters. The van der Waals surface area contributed by atoms with Gasteiger partial charge in [-0.2, -0.15) is 13.2 Å². The number of amides is 1. The highest BCUT2D eigenvalue weighted by Gasteiger charge is 2.65. The number of hydrogen-bond donors (Lipinski definition) is 2. The van der Waals surface area contributed by atoms with Crippen LogP contribution in [-0.4, -0.2) is 29.4 Å². The lowest BCUT2D eigenvalue weighted by atomic mass is 9.99. The molecular weight excluding hydrogens is 391 g/mol. The molecule has 2 aromatic carbocycles. The van der Waals surface area contributed by atoms with Gasteiger partial charge in [0.05, 0.1) is 0 Å². The molecule has 3 rings (SSSR count). The maximum atomic E-state index is 13.0. The number of halogens is 3. The van der Waals surface area contributed by atoms with Gasteiger partial charge in [0.15, 0.2) is 0 Å². The summed E-state index contributed by atoms with van der Waals surface area (Å²) in [7, 11) is 0. The van der Waals surface area contributed by atoms with Crippen LogP contribution >= 0.6 is 0 Å². The van der Waals surface area contributed by atoms with E-state index in [1.807, 2.05) is 0 Å². The molecule has 0 saturated carbocycles. The minimum absolute atomic E-state index is 0.0275. The van der Waals surface area contributed by atoms with Gasteiger partial charge in [-0.05, 0) is 11.1 Å². The highest BCUT2D eigenvalue weighted by atomic mass is 19.4. The number of hydrogen-bond acceptors (Lipinski definition) is 5. The van der Waals surface area contributed by atoms with E-state index in [1.165, 1.54) is 24.3 Å². The van der Waals surface area contributed by atoms with Crippen molar-refractivity contribution in [2.24, 2.45) is 10.2 Å². The van der Waals surface area contributed by atoms with Gasteiger partial charge in [-0.1, -0.05) is 54.6 Å². The molecule has 0 saturated heterocycles. The Kier molecular flexibility index (Phi) is 5.53. The molecule has 0 bridgehead atoms. The molecule has 0 aromatic heterocycles. The van der Waals surface area contributed by atoms with Crippen molar-refractivity contribution in [1.29, 1.82) is 0 Å². The summed E-state index contributed by atoms with van der Waals surface area (Å²) in [6.07, 6.45) is -5.68. The summed E-state index contributed by atoms with van der Waals surface area (Å²) in [6, 6.07) is 12.6. The van der Waals surface area contributed by atoms with Gasteiger partial charge in [0.1, 0.15) is 12.6 Å². The van der Waals surface area contributed by atoms with Gasteiger partial charge in [0.2, 0.25) is 0 Å². The molecule has 152 valence electrons. The summed E-state index contributed by atoms with van der Waals surface area (Å²) in [6.45, 7) is -0.0275. The number of nitrogens with one attached hydrogen (secondary N) is 1. The second-order valence-corrected chi connectivity index (χ2v) is 6.37. The van der Waals surface area contributed by atoms with Crippen molar-refractivity contribution in [2.45, 2.75) is 30.9 Å². The highest BCUT2D eigenvalue weighted by Crippen LogP contribution is 2.52. The predicted molar refractivity (Wildman–Crippen MR) is 93.9 cm³/mol. The van der Waals surface area contributed by atoms with Crippen LogP contribution in [0.1, 0.15) is 16.7 Å². The summed E-state index contributed by atoms with van der Waals surface area (Å²) in [5.74, 6) is -1.30. The third-order valence-electron chi connectivity index (χ3n) is 4.29. The lowest BCUT2D eigenvalue weighted by Gasteiger charge is -2.17. The summed E-state index contributed by atoms with van der Waals surface area (Å²) < 4.78 is 44.0. The molecule has 0 fully saturated rings. The van der Waals surface area contributed by atoms with E-state index in [1.54, 1.807) is 30.3 Å². The van der Waals surface area contributed by atoms with Crippen LogP contribution in [0.25, 0.3) is 0 Å². The number of benzene rings is 2. The van der Waals surface area contributed by atoms with Crippen molar-refractivity contribution in [3.05, 3.63) is 71.3 Å². The van der Waals surface area contributed by atoms with Crippen molar-refractivity contribution in [3.63, 3.8) is 0 Å². The normalized spacial score (nSPS) is 15.4. The second-order valence-electron chi connectivity index (χ2n) is 6.37. The number of aliphatic carboxylic acids is 1. The molecule has 10 heteroatoms. The number of ether oxygens (including phenoxy) is 1. The molecule has 1 unspecified atom stereocenters. The van der Waals surface area contributed by atoms with E-state index in [-0.39, 0.29) is 18.6 Å². The Morgan fingerprint density at radius 2 is 1.66 bits per heavy atom. The van der Waals surface area contributed by atoms with Gasteiger partial charge in [-0.3, -0.25) is 0 Å². The molecule has 0 spiro atoms. The number of alkyl halides is 3. The number of carboxylic acids is 1. The largest absolute Gasteiger partial charge is 0.480 e. The van der Waals surface area contributed by atoms with Gasteiger partial charge in [0.25, 0.3) is 0 Å². The van der Waals surface area contributed by atoms with Gasteiger partial charge in [-0.25, -0.2) is 9.59 Å². The Balaban J connectivity index is 1.59. The lowest BCUT2D eigenvalue weighted by molar-refractivity contribution is -0.166. The summed E-state index contributed by atoms with van der Waals surface area (Å²) >= 11 is 0. The van der Waals surface area contributed by atoms with E-state index >= 15 is 0 Å². The highest BCUT2D eigenvalue weighted by molar-refractivity contribution is 5.80. The van der Waals surface area contributed by atoms with Crippen LogP contribution in [0.15, 0.2) is 64.8 Å². The monoisotopic (exact) mass is 407 g/mol. The second kappa shape index (κ2) is 7.90. The van der Waals surface area contributed by atoms with E-state index in [4.69, 9.17) is 4.74 Å². The summed E-state index contributed by atoms with van der Waals surface area (Å²) in [4.78, 5) is 23.3. The lowest BCUT2D eigenvalue weighted by Crippen LogP contribution is -2.42. The van der Waals surface area contributed by atoms with E-state index in [2.05, 4.69) is 15.5 Å². The molecule has 2 N–H and O–H groups in total. The van der Waals surface area contributed by atoms with Gasteiger partial charge < -0.3 is 15.2 Å². The predicted octanol–water partition coefficient (Wildman–Crippen LogP) is 3.79. The molecule has 1 aliphatic heterocycles. The Bertz CT molecular complexity index is 909. The number of nitrogens with zero attached hydrogens (tertiary/aromatic N) is 2. The fourth-order valence-electron chi connectivity index (χ4n) is 2.66. The maximum Gasteiger partial charge on any atom is 0.442 e. The quantitative estimate of drug-likeness (QED) is 0.729. The standard InChI is InChI=1S/C19H16F3N3O4/c20-19(21,22)18(24-25-18)14-8-6-12(7-9-14)10-15(16(26)27)23-17(28)29-11-13-4-2-1-3-5-13/h1-9,15H,10-11H2,(H,23,28)(H,26,27). The van der Waals surface area contributed by atoms with E-state index in [0.29, 0.717) is 5.56 Å². The third-order valence-corrected chi connectivity index (χ3v) is 4.29. The van der Waals surface area contributed by atoms with Crippen molar-refractivity contribution < 1.29 is 32.6 Å². The van der Waals surface area contributed by atoms with Gasteiger partial charge >= 0.3 is 23.9 Å². The van der Waals surface area contributed by atoms with Crippen LogP contribution in [0.4, 0.5) is 18.0 Å². The first-order valence-electron chi connectivity index (χ1n) is 8.51. The zero-order valence-electron chi connectivity index (χ0n) is 14.9. The number of carboxylic acid groups (broad SMARTS) is 1. The molecule has 1 heterocycles. The Morgan fingerprint density at radius 1 is 1.03 bits per heavy atom. The van der Waals surface area contributed by atoms with Crippen LogP contribution < -0.4 is 5.32 Å². The summed E-state index contributed by atoms with van der Waals surface area (Å²) in [5, 5.41) is 17.8. The fourth-order valence-corrected chi connectivity index (χ4v) is 2.66. The number of rotatable bonds is 7. The van der Waals surface area contributed by atoms with Crippen LogP contribution in [0, 0.1) is 0 Å². The number of carbonyl (C=O) groups is 2. The first-order valence-corrected chi connectivity index (χ1v) is 8.51. The SMILES string of the molecule is O=C(NC(Cc1ccc(C2(C(F)(F)F)N=N2)cc1)C(=O)O)OCc1ccccc1. The molecule has 0 aliphatic carbocycles. The van der Waals surface area contributed by atoms with Crippen LogP contribution in [-0.2, 0) is 28.2 Å². The Labute approximate surface area is 163 Å². The first kappa shape index (κ1) is 20.3. The molecule has 1 aliphatic rings. The van der Waals surface area contributed by atoms with Crippen molar-refractivity contribution in [2.75, 3.05) is 0 Å². The van der Waals surface area contributed by atoms with Crippen LogP contribution in [0.2, 0.25) is 0 Å². The van der Waals surface area contributed by atoms with Gasteiger partial charge in [-0.15, -0.1) is 10.2 Å². The molecule has 0 radical (unpaired) electrons. The zero-order chi connectivity index (χ0) is 21.1.